The van der Waals surface area contributed by atoms with E-state index < -0.39 is 0 Å². The van der Waals surface area contributed by atoms with Crippen molar-refractivity contribution in [1.29, 1.82) is 0 Å². The van der Waals surface area contributed by atoms with Crippen LogP contribution in [-0.2, 0) is 32.6 Å². The molecular weight excluding hydrogens is 395 g/mol. The molecule has 2 aromatic carbocycles. The van der Waals surface area contributed by atoms with E-state index >= 15 is 0 Å². The molecule has 0 radical (unpaired) electrons. The Balaban J connectivity index is 0.00000169. The second-order valence-corrected chi connectivity index (χ2v) is 6.53. The van der Waals surface area contributed by atoms with Crippen LogP contribution in [0.4, 0.5) is 0 Å². The zero-order valence-electron chi connectivity index (χ0n) is 13.7. The number of hydrogen-bond donors (Lipinski definition) is 0. The van der Waals surface area contributed by atoms with Crippen LogP contribution in [0.2, 0.25) is 5.02 Å². The van der Waals surface area contributed by atoms with Crippen molar-refractivity contribution in [2.75, 3.05) is 0 Å². The fourth-order valence-electron chi connectivity index (χ4n) is 3.29. The van der Waals surface area contributed by atoms with Crippen LogP contribution in [0.1, 0.15) is 28.2 Å². The average Bonchev–Trinajstić information content (AvgIpc) is 3.14. The maximum absolute atomic E-state index is 6.04. The molecule has 1 nitrogen and oxygen atoms in total. The zero-order valence-corrected chi connectivity index (χ0v) is 16.9. The molecule has 0 fully saturated rings. The molecule has 0 saturated carbocycles. The number of allylic oxidation sites excluding steroid dienone is 1. The minimum atomic E-state index is 0. The summed E-state index contributed by atoms with van der Waals surface area (Å²) in [6.07, 6.45) is 3.19. The number of hydrogen-bond acceptors (Lipinski definition) is 1. The molecule has 1 heterocycles. The van der Waals surface area contributed by atoms with Gasteiger partial charge in [-0.25, -0.2) is 0 Å². The van der Waals surface area contributed by atoms with Crippen molar-refractivity contribution in [3.63, 3.8) is 0 Å². The SMILES string of the molecule is Cc1ccc(C2=Cc3c(ccc(C)c3-c3ccc(Cl)cc3)C2)o1.[Zr]. The predicted molar refractivity (Wildman–Crippen MR) is 96.6 cm³/mol. The third kappa shape index (κ3) is 3.10. The van der Waals surface area contributed by atoms with Gasteiger partial charge in [0.05, 0.1) is 0 Å². The Labute approximate surface area is 166 Å². The maximum atomic E-state index is 6.04. The molecule has 24 heavy (non-hydrogen) atoms. The van der Waals surface area contributed by atoms with Gasteiger partial charge in [0, 0.05) is 37.6 Å². The second-order valence-electron chi connectivity index (χ2n) is 6.09. The van der Waals surface area contributed by atoms with Gasteiger partial charge in [-0.3, -0.25) is 0 Å². The first-order chi connectivity index (χ1) is 11.1. The van der Waals surface area contributed by atoms with Gasteiger partial charge < -0.3 is 4.42 Å². The second kappa shape index (κ2) is 6.86. The van der Waals surface area contributed by atoms with Gasteiger partial charge in [0.2, 0.25) is 0 Å². The molecule has 0 amide bonds. The first-order valence-corrected chi connectivity index (χ1v) is 8.15. The van der Waals surface area contributed by atoms with Crippen molar-refractivity contribution in [2.45, 2.75) is 20.3 Å². The normalized spacial score (nSPS) is 12.5. The van der Waals surface area contributed by atoms with Crippen LogP contribution in [0, 0.1) is 13.8 Å². The van der Waals surface area contributed by atoms with Crippen LogP contribution in [0.25, 0.3) is 22.8 Å². The molecule has 118 valence electrons. The number of halogens is 1. The van der Waals surface area contributed by atoms with Crippen LogP contribution in [0.3, 0.4) is 0 Å². The van der Waals surface area contributed by atoms with Crippen LogP contribution in [0.15, 0.2) is 52.9 Å². The summed E-state index contributed by atoms with van der Waals surface area (Å²) in [6, 6.07) is 16.6. The largest absolute Gasteiger partial charge is 0.462 e. The first-order valence-electron chi connectivity index (χ1n) is 7.77. The van der Waals surface area contributed by atoms with Crippen LogP contribution >= 0.6 is 11.6 Å². The van der Waals surface area contributed by atoms with Crippen molar-refractivity contribution in [1.82, 2.24) is 0 Å². The van der Waals surface area contributed by atoms with Gasteiger partial charge in [-0.05, 0) is 77.6 Å². The summed E-state index contributed by atoms with van der Waals surface area (Å²) in [5.74, 6) is 1.92. The van der Waals surface area contributed by atoms with Crippen molar-refractivity contribution >= 4 is 23.3 Å². The summed E-state index contributed by atoms with van der Waals surface area (Å²) in [4.78, 5) is 0. The molecule has 0 atom stereocenters. The summed E-state index contributed by atoms with van der Waals surface area (Å²) >= 11 is 6.04. The Bertz CT molecular complexity index is 920. The minimum Gasteiger partial charge on any atom is -0.462 e. The summed E-state index contributed by atoms with van der Waals surface area (Å²) in [5, 5.41) is 0.765. The topological polar surface area (TPSA) is 13.1 Å². The zero-order chi connectivity index (χ0) is 16.0. The van der Waals surface area contributed by atoms with Crippen LogP contribution < -0.4 is 0 Å². The molecule has 3 heteroatoms. The van der Waals surface area contributed by atoms with Gasteiger partial charge in [-0.2, -0.15) is 0 Å². The Morgan fingerprint density at radius 3 is 2.33 bits per heavy atom. The third-order valence-corrected chi connectivity index (χ3v) is 4.69. The molecule has 4 rings (SSSR count). The van der Waals surface area contributed by atoms with Gasteiger partial charge in [0.15, 0.2) is 0 Å². The van der Waals surface area contributed by atoms with E-state index in [1.807, 2.05) is 25.1 Å². The minimum absolute atomic E-state index is 0. The standard InChI is InChI=1S/C21H17ClO.Zr/c1-13-3-5-16-11-17(20-10-4-14(2)23-20)12-19(16)21(13)15-6-8-18(22)9-7-15;/h3-10,12H,11H2,1-2H3;. The van der Waals surface area contributed by atoms with Gasteiger partial charge >= 0.3 is 0 Å². The predicted octanol–water partition coefficient (Wildman–Crippen LogP) is 6.31. The van der Waals surface area contributed by atoms with Crippen LogP contribution in [0.5, 0.6) is 0 Å². The van der Waals surface area contributed by atoms with Crippen molar-refractivity contribution < 1.29 is 30.6 Å². The summed E-state index contributed by atoms with van der Waals surface area (Å²) in [6.45, 7) is 4.14. The molecule has 0 spiro atoms. The average molecular weight is 412 g/mol. The van der Waals surface area contributed by atoms with E-state index in [2.05, 4.69) is 43.3 Å². The molecule has 0 saturated heterocycles. The van der Waals surface area contributed by atoms with Crippen LogP contribution in [-0.4, -0.2) is 0 Å². The molecule has 1 aliphatic carbocycles. The Morgan fingerprint density at radius 1 is 0.917 bits per heavy atom. The number of aryl methyl sites for hydroxylation is 2. The first kappa shape index (κ1) is 17.5. The number of fused-ring (bicyclic) bond motifs is 1. The quantitative estimate of drug-likeness (QED) is 0.481. The third-order valence-electron chi connectivity index (χ3n) is 4.43. The summed E-state index contributed by atoms with van der Waals surface area (Å²) in [7, 11) is 0. The van der Waals surface area contributed by atoms with E-state index in [4.69, 9.17) is 16.0 Å². The smallest absolute Gasteiger partial charge is 0.130 e. The summed E-state index contributed by atoms with van der Waals surface area (Å²) in [5.41, 5.74) is 7.67. The molecule has 0 aliphatic heterocycles. The molecule has 0 bridgehead atoms. The van der Waals surface area contributed by atoms with Crippen molar-refractivity contribution in [2.24, 2.45) is 0 Å². The fourth-order valence-corrected chi connectivity index (χ4v) is 3.41. The molecular formula is C21H17ClOZr. The van der Waals surface area contributed by atoms with E-state index in [0.29, 0.717) is 0 Å². The fraction of sp³-hybridized carbons (Fsp3) is 0.143. The maximum Gasteiger partial charge on any atom is 0.130 e. The number of furan rings is 1. The van der Waals surface area contributed by atoms with Gasteiger partial charge in [0.1, 0.15) is 11.5 Å². The molecule has 3 aromatic rings. The van der Waals surface area contributed by atoms with E-state index in [-0.39, 0.29) is 26.2 Å². The van der Waals surface area contributed by atoms with Gasteiger partial charge in [-0.1, -0.05) is 35.9 Å². The molecule has 1 aromatic heterocycles. The van der Waals surface area contributed by atoms with Crippen molar-refractivity contribution in [3.8, 4) is 11.1 Å². The van der Waals surface area contributed by atoms with Gasteiger partial charge in [0.25, 0.3) is 0 Å². The number of benzene rings is 2. The van der Waals surface area contributed by atoms with E-state index in [1.54, 1.807) is 0 Å². The van der Waals surface area contributed by atoms with E-state index in [9.17, 15) is 0 Å². The number of rotatable bonds is 2. The Kier molecular flexibility index (Phi) is 4.99. The molecule has 1 aliphatic rings. The summed E-state index contributed by atoms with van der Waals surface area (Å²) < 4.78 is 5.80. The monoisotopic (exact) mass is 410 g/mol. The van der Waals surface area contributed by atoms with Gasteiger partial charge in [-0.15, -0.1) is 0 Å². The Morgan fingerprint density at radius 2 is 1.67 bits per heavy atom. The molecule has 0 unspecified atom stereocenters. The van der Waals surface area contributed by atoms with Crippen molar-refractivity contribution in [3.05, 3.63) is 81.8 Å². The van der Waals surface area contributed by atoms with E-state index in [0.717, 1.165) is 23.0 Å². The molecule has 0 N–H and O–H groups in total. The van der Waals surface area contributed by atoms with E-state index in [1.165, 1.54) is 33.4 Å². The Hall–Kier alpha value is -1.37.